The Balaban J connectivity index is 1.68. The number of ether oxygens (including phenoxy) is 2. The van der Waals surface area contributed by atoms with Gasteiger partial charge in [0.15, 0.2) is 0 Å². The van der Waals surface area contributed by atoms with Crippen LogP contribution in [0.15, 0.2) is 30.3 Å². The van der Waals surface area contributed by atoms with Crippen molar-refractivity contribution in [3.8, 4) is 5.75 Å². The van der Waals surface area contributed by atoms with Crippen LogP contribution in [-0.2, 0) is 14.3 Å². The Morgan fingerprint density at radius 1 is 1.18 bits per heavy atom. The zero-order chi connectivity index (χ0) is 15.8. The highest BCUT2D eigenvalue weighted by Crippen LogP contribution is 2.19. The zero-order valence-corrected chi connectivity index (χ0v) is 13.0. The van der Waals surface area contributed by atoms with Gasteiger partial charge < -0.3 is 14.4 Å². The first-order chi connectivity index (χ1) is 10.7. The van der Waals surface area contributed by atoms with Gasteiger partial charge in [-0.15, -0.1) is 0 Å². The normalized spacial score (nSPS) is 15.4. The summed E-state index contributed by atoms with van der Waals surface area (Å²) in [5, 5.41) is 0. The molecule has 120 valence electrons. The van der Waals surface area contributed by atoms with Crippen molar-refractivity contribution < 1.29 is 19.1 Å². The number of benzene rings is 1. The van der Waals surface area contributed by atoms with Crippen molar-refractivity contribution in [2.75, 3.05) is 26.3 Å². The summed E-state index contributed by atoms with van der Waals surface area (Å²) in [6.07, 6.45) is 1.73. The van der Waals surface area contributed by atoms with Gasteiger partial charge in [-0.1, -0.05) is 18.2 Å². The van der Waals surface area contributed by atoms with Crippen molar-refractivity contribution in [1.29, 1.82) is 0 Å². The third kappa shape index (κ3) is 4.76. The van der Waals surface area contributed by atoms with E-state index in [-0.39, 0.29) is 17.8 Å². The number of nitrogens with zero attached hydrogens (tertiary/aromatic N) is 1. The first kappa shape index (κ1) is 16.3. The van der Waals surface area contributed by atoms with Crippen LogP contribution >= 0.6 is 0 Å². The van der Waals surface area contributed by atoms with Gasteiger partial charge in [0.25, 0.3) is 0 Å². The van der Waals surface area contributed by atoms with E-state index in [1.54, 1.807) is 0 Å². The fourth-order valence-corrected chi connectivity index (χ4v) is 2.56. The summed E-state index contributed by atoms with van der Waals surface area (Å²) in [5.74, 6) is 0.654. The number of hydrogen-bond acceptors (Lipinski definition) is 4. The highest BCUT2D eigenvalue weighted by atomic mass is 16.5. The number of amides is 1. The first-order valence-corrected chi connectivity index (χ1v) is 7.83. The van der Waals surface area contributed by atoms with E-state index in [1.807, 2.05) is 42.2 Å². The second-order valence-electron chi connectivity index (χ2n) is 5.32. The quantitative estimate of drug-likeness (QED) is 0.757. The fraction of sp³-hybridized carbons (Fsp3) is 0.529. The molecule has 0 aliphatic carbocycles. The minimum atomic E-state index is -0.137. The molecule has 0 bridgehead atoms. The van der Waals surface area contributed by atoms with Crippen LogP contribution in [0.1, 0.15) is 26.2 Å². The molecule has 5 nitrogen and oxygen atoms in total. The third-order valence-electron chi connectivity index (χ3n) is 3.80. The van der Waals surface area contributed by atoms with Crippen LogP contribution in [0.3, 0.4) is 0 Å². The molecular weight excluding hydrogens is 282 g/mol. The SMILES string of the molecule is CCOC(=O)C1CCN(C(=O)CCOc2ccccc2)CC1. The van der Waals surface area contributed by atoms with E-state index in [0.717, 1.165) is 5.75 Å². The van der Waals surface area contributed by atoms with Crippen molar-refractivity contribution in [3.05, 3.63) is 30.3 Å². The molecule has 0 unspecified atom stereocenters. The van der Waals surface area contributed by atoms with Crippen LogP contribution in [-0.4, -0.2) is 43.1 Å². The molecule has 1 saturated heterocycles. The molecule has 0 spiro atoms. The minimum Gasteiger partial charge on any atom is -0.493 e. The first-order valence-electron chi connectivity index (χ1n) is 7.83. The topological polar surface area (TPSA) is 55.8 Å². The van der Waals surface area contributed by atoms with Gasteiger partial charge in [-0.05, 0) is 31.9 Å². The second kappa shape index (κ2) is 8.41. The molecule has 0 saturated carbocycles. The minimum absolute atomic E-state index is 0.0652. The summed E-state index contributed by atoms with van der Waals surface area (Å²) in [6.45, 7) is 3.83. The van der Waals surface area contributed by atoms with E-state index >= 15 is 0 Å². The average Bonchev–Trinajstić information content (AvgIpc) is 2.56. The number of carbonyl (C=O) groups is 2. The summed E-state index contributed by atoms with van der Waals surface area (Å²) >= 11 is 0. The number of carbonyl (C=O) groups excluding carboxylic acids is 2. The van der Waals surface area contributed by atoms with Gasteiger partial charge in [0.05, 0.1) is 25.6 Å². The highest BCUT2D eigenvalue weighted by Gasteiger charge is 2.27. The van der Waals surface area contributed by atoms with Crippen LogP contribution in [0, 0.1) is 5.92 Å². The fourth-order valence-electron chi connectivity index (χ4n) is 2.56. The van der Waals surface area contributed by atoms with Crippen molar-refractivity contribution in [2.45, 2.75) is 26.2 Å². The Morgan fingerprint density at radius 2 is 1.86 bits per heavy atom. The molecule has 0 N–H and O–H groups in total. The van der Waals surface area contributed by atoms with E-state index in [1.165, 1.54) is 0 Å². The molecule has 5 heteroatoms. The molecule has 22 heavy (non-hydrogen) atoms. The van der Waals surface area contributed by atoms with Gasteiger partial charge in [0, 0.05) is 13.1 Å². The molecule has 1 fully saturated rings. The maximum absolute atomic E-state index is 12.1. The highest BCUT2D eigenvalue weighted by molar-refractivity contribution is 5.77. The summed E-state index contributed by atoms with van der Waals surface area (Å²) < 4.78 is 10.6. The van der Waals surface area contributed by atoms with Crippen LogP contribution in [0.4, 0.5) is 0 Å². The smallest absolute Gasteiger partial charge is 0.309 e. The molecule has 1 amide bonds. The Bertz CT molecular complexity index is 481. The largest absolute Gasteiger partial charge is 0.493 e. The van der Waals surface area contributed by atoms with Crippen molar-refractivity contribution in [1.82, 2.24) is 4.90 Å². The molecule has 1 aromatic rings. The molecule has 0 radical (unpaired) electrons. The monoisotopic (exact) mass is 305 g/mol. The Hall–Kier alpha value is -2.04. The maximum Gasteiger partial charge on any atom is 0.309 e. The summed E-state index contributed by atoms with van der Waals surface area (Å²) in [7, 11) is 0. The molecule has 1 aliphatic heterocycles. The standard InChI is InChI=1S/C17H23NO4/c1-2-21-17(20)14-8-11-18(12-9-14)16(19)10-13-22-15-6-4-3-5-7-15/h3-7,14H,2,8-13H2,1H3. The van der Waals surface area contributed by atoms with E-state index in [9.17, 15) is 9.59 Å². The second-order valence-corrected chi connectivity index (χ2v) is 5.32. The lowest BCUT2D eigenvalue weighted by atomic mass is 9.97. The van der Waals surface area contributed by atoms with Crippen LogP contribution in [0.5, 0.6) is 5.75 Å². The van der Waals surface area contributed by atoms with Gasteiger partial charge in [-0.2, -0.15) is 0 Å². The van der Waals surface area contributed by atoms with Gasteiger partial charge in [0.2, 0.25) is 5.91 Å². The van der Waals surface area contributed by atoms with Gasteiger partial charge >= 0.3 is 5.97 Å². The summed E-state index contributed by atoms with van der Waals surface area (Å²) in [5.41, 5.74) is 0. The maximum atomic E-state index is 12.1. The predicted molar refractivity (Wildman–Crippen MR) is 82.5 cm³/mol. The predicted octanol–water partition coefficient (Wildman–Crippen LogP) is 2.26. The Kier molecular flexibility index (Phi) is 6.25. The van der Waals surface area contributed by atoms with E-state index in [4.69, 9.17) is 9.47 Å². The van der Waals surface area contributed by atoms with Crippen molar-refractivity contribution >= 4 is 11.9 Å². The van der Waals surface area contributed by atoms with Crippen LogP contribution in [0.25, 0.3) is 0 Å². The molecule has 1 heterocycles. The Labute approximate surface area is 131 Å². The lowest BCUT2D eigenvalue weighted by Gasteiger charge is -2.30. The molecule has 0 aromatic heterocycles. The zero-order valence-electron chi connectivity index (χ0n) is 13.0. The van der Waals surface area contributed by atoms with Crippen LogP contribution < -0.4 is 4.74 Å². The van der Waals surface area contributed by atoms with Crippen LogP contribution in [0.2, 0.25) is 0 Å². The molecule has 1 aliphatic rings. The molecule has 0 atom stereocenters. The van der Waals surface area contributed by atoms with E-state index in [2.05, 4.69) is 0 Å². The Morgan fingerprint density at radius 3 is 2.50 bits per heavy atom. The molecule has 1 aromatic carbocycles. The third-order valence-corrected chi connectivity index (χ3v) is 3.80. The van der Waals surface area contributed by atoms with Gasteiger partial charge in [0.1, 0.15) is 5.75 Å². The lowest BCUT2D eigenvalue weighted by Crippen LogP contribution is -2.41. The summed E-state index contributed by atoms with van der Waals surface area (Å²) in [4.78, 5) is 25.6. The number of likely N-dealkylation sites (tertiary alicyclic amines) is 1. The van der Waals surface area contributed by atoms with Crippen molar-refractivity contribution in [3.63, 3.8) is 0 Å². The molecular formula is C17H23NO4. The number of hydrogen-bond donors (Lipinski definition) is 0. The van der Waals surface area contributed by atoms with Crippen molar-refractivity contribution in [2.24, 2.45) is 5.92 Å². The number of esters is 1. The molecule has 2 rings (SSSR count). The number of para-hydroxylation sites is 1. The summed E-state index contributed by atoms with van der Waals surface area (Å²) in [6, 6.07) is 9.46. The van der Waals surface area contributed by atoms with Gasteiger partial charge in [-0.25, -0.2) is 0 Å². The van der Waals surface area contributed by atoms with E-state index in [0.29, 0.717) is 45.6 Å². The lowest BCUT2D eigenvalue weighted by molar-refractivity contribution is -0.151. The van der Waals surface area contributed by atoms with E-state index < -0.39 is 0 Å². The average molecular weight is 305 g/mol. The van der Waals surface area contributed by atoms with Gasteiger partial charge in [-0.3, -0.25) is 9.59 Å². The number of piperidine rings is 1. The number of rotatable bonds is 6.